The molecular formula is C30H35F2N7O3. The van der Waals surface area contributed by atoms with Crippen molar-refractivity contribution in [3.63, 3.8) is 0 Å². The van der Waals surface area contributed by atoms with Crippen molar-refractivity contribution in [2.75, 3.05) is 61.5 Å². The van der Waals surface area contributed by atoms with Crippen molar-refractivity contribution in [2.45, 2.75) is 31.3 Å². The van der Waals surface area contributed by atoms with Gasteiger partial charge in [0.05, 0.1) is 36.8 Å². The highest BCUT2D eigenvalue weighted by atomic mass is 19.1. The maximum atomic E-state index is 14.6. The van der Waals surface area contributed by atoms with E-state index in [0.717, 1.165) is 37.7 Å². The van der Waals surface area contributed by atoms with Gasteiger partial charge in [0.2, 0.25) is 5.91 Å². The van der Waals surface area contributed by atoms with Gasteiger partial charge in [0.1, 0.15) is 29.5 Å². The molecule has 10 nitrogen and oxygen atoms in total. The molecular weight excluding hydrogens is 544 g/mol. The Morgan fingerprint density at radius 1 is 1.12 bits per heavy atom. The smallest absolute Gasteiger partial charge is 0.247 e. The number of amides is 1. The molecule has 2 N–H and O–H groups in total. The Morgan fingerprint density at radius 3 is 2.60 bits per heavy atom. The molecule has 2 aliphatic heterocycles. The van der Waals surface area contributed by atoms with Crippen LogP contribution in [0.3, 0.4) is 0 Å². The lowest BCUT2D eigenvalue weighted by Gasteiger charge is -2.37. The van der Waals surface area contributed by atoms with Gasteiger partial charge in [-0.05, 0) is 45.1 Å². The Kier molecular flexibility index (Phi) is 8.83. The molecule has 5 rings (SSSR count). The first-order valence-electron chi connectivity index (χ1n) is 13.8. The largest absolute Gasteiger partial charge is 0.494 e. The number of methoxy groups -OCH3 is 1. The Bertz CT molecular complexity index is 1450. The van der Waals surface area contributed by atoms with Crippen LogP contribution in [0.2, 0.25) is 0 Å². The minimum atomic E-state index is -0.646. The third-order valence-electron chi connectivity index (χ3n) is 7.66. The van der Waals surface area contributed by atoms with Crippen LogP contribution < -0.4 is 25.3 Å². The van der Waals surface area contributed by atoms with Gasteiger partial charge in [-0.2, -0.15) is 0 Å². The Morgan fingerprint density at radius 2 is 1.90 bits per heavy atom. The van der Waals surface area contributed by atoms with Gasteiger partial charge in [-0.15, -0.1) is 0 Å². The Hall–Kier alpha value is -4.29. The minimum absolute atomic E-state index is 0.316. The van der Waals surface area contributed by atoms with Crippen LogP contribution in [0.1, 0.15) is 30.9 Å². The predicted molar refractivity (Wildman–Crippen MR) is 158 cm³/mol. The van der Waals surface area contributed by atoms with E-state index in [1.54, 1.807) is 19.2 Å². The quantitative estimate of drug-likeness (QED) is 0.338. The molecule has 0 radical (unpaired) electrons. The number of anilines is 5. The molecule has 2 saturated heterocycles. The summed E-state index contributed by atoms with van der Waals surface area (Å²) in [7, 11) is 5.76. The molecule has 2 aliphatic rings. The molecule has 3 aromatic rings. The lowest BCUT2D eigenvalue weighted by Crippen LogP contribution is -2.42. The number of rotatable bonds is 9. The van der Waals surface area contributed by atoms with E-state index in [0.29, 0.717) is 53.4 Å². The van der Waals surface area contributed by atoms with Crippen molar-refractivity contribution >= 4 is 34.6 Å². The summed E-state index contributed by atoms with van der Waals surface area (Å²) in [5, 5.41) is 7.70. The highest BCUT2D eigenvalue weighted by molar-refractivity contribution is 6.02. The fourth-order valence-electron chi connectivity index (χ4n) is 5.43. The van der Waals surface area contributed by atoms with Gasteiger partial charge in [-0.3, -0.25) is 9.63 Å². The number of hydroxylamine groups is 1. The van der Waals surface area contributed by atoms with E-state index in [2.05, 4.69) is 51.1 Å². The molecule has 2 fully saturated rings. The van der Waals surface area contributed by atoms with Gasteiger partial charge in [-0.1, -0.05) is 12.6 Å². The Labute approximate surface area is 243 Å². The monoisotopic (exact) mass is 579 g/mol. The lowest BCUT2D eigenvalue weighted by atomic mass is 10.0. The van der Waals surface area contributed by atoms with Gasteiger partial charge in [0, 0.05) is 49.3 Å². The highest BCUT2D eigenvalue weighted by Gasteiger charge is 2.31. The summed E-state index contributed by atoms with van der Waals surface area (Å²) in [5.41, 5.74) is 2.34. The number of nitrogens with zero attached hydrogens (tertiary/aromatic N) is 5. The zero-order chi connectivity index (χ0) is 29.8. The first-order chi connectivity index (χ1) is 20.3. The number of piperidine rings is 1. The average molecular weight is 580 g/mol. The van der Waals surface area contributed by atoms with Crippen LogP contribution in [0.4, 0.5) is 37.5 Å². The summed E-state index contributed by atoms with van der Waals surface area (Å²) in [5.74, 6) is -0.235. The summed E-state index contributed by atoms with van der Waals surface area (Å²) in [6, 6.07) is 8.90. The summed E-state index contributed by atoms with van der Waals surface area (Å²) < 4.78 is 33.8. The molecule has 12 heteroatoms. The van der Waals surface area contributed by atoms with E-state index in [4.69, 9.17) is 9.57 Å². The van der Waals surface area contributed by atoms with Crippen molar-refractivity contribution in [2.24, 2.45) is 0 Å². The molecule has 2 aromatic carbocycles. The SMILES string of the molecule is C=CC(=O)Nc1cc(Nc2cc(N3OCCC3c3ccc(F)cc3F)ncn2)c(OC)cc1N1CCC(N(C)C)CC1. The van der Waals surface area contributed by atoms with Crippen LogP contribution in [0, 0.1) is 11.6 Å². The first-order valence-corrected chi connectivity index (χ1v) is 13.8. The first kappa shape index (κ1) is 29.2. The Balaban J connectivity index is 1.43. The molecule has 222 valence electrons. The van der Waals surface area contributed by atoms with E-state index >= 15 is 0 Å². The number of carbonyl (C=O) groups excluding carboxylic acids is 1. The molecule has 0 bridgehead atoms. The van der Waals surface area contributed by atoms with Crippen LogP contribution in [-0.2, 0) is 9.63 Å². The van der Waals surface area contributed by atoms with Gasteiger partial charge in [-0.25, -0.2) is 23.8 Å². The number of carbonyl (C=O) groups is 1. The van der Waals surface area contributed by atoms with E-state index in [-0.39, 0.29) is 5.91 Å². The molecule has 1 aromatic heterocycles. The van der Waals surface area contributed by atoms with E-state index < -0.39 is 17.7 Å². The molecule has 1 atom stereocenters. The third-order valence-corrected chi connectivity index (χ3v) is 7.66. The van der Waals surface area contributed by atoms with Crippen molar-refractivity contribution in [1.29, 1.82) is 0 Å². The number of hydrogen-bond donors (Lipinski definition) is 2. The van der Waals surface area contributed by atoms with E-state index in [1.807, 2.05) is 6.07 Å². The summed E-state index contributed by atoms with van der Waals surface area (Å²) in [6.07, 6.45) is 5.09. The van der Waals surface area contributed by atoms with Crippen LogP contribution >= 0.6 is 0 Å². The highest BCUT2D eigenvalue weighted by Crippen LogP contribution is 2.40. The molecule has 1 amide bonds. The minimum Gasteiger partial charge on any atom is -0.494 e. The third kappa shape index (κ3) is 6.29. The zero-order valence-corrected chi connectivity index (χ0v) is 23.9. The molecule has 0 spiro atoms. The molecule has 1 unspecified atom stereocenters. The standard InChI is InChI=1S/C30H35F2N7O3/c1-5-30(40)36-23-15-24(27(41-4)16-26(23)38-11-8-20(9-12-38)37(2)3)35-28-17-29(34-18-33-28)39-25(10-13-42-39)21-7-6-19(31)14-22(21)32/h5-7,14-18,20,25H,1,8-13H2,2-4H3,(H,36,40)(H,33,34,35). The topological polar surface area (TPSA) is 95.1 Å². The second kappa shape index (κ2) is 12.7. The molecule has 0 saturated carbocycles. The number of nitrogens with one attached hydrogen (secondary N) is 2. The molecule has 42 heavy (non-hydrogen) atoms. The van der Waals surface area contributed by atoms with Crippen molar-refractivity contribution < 1.29 is 23.1 Å². The summed E-state index contributed by atoms with van der Waals surface area (Å²) >= 11 is 0. The maximum Gasteiger partial charge on any atom is 0.247 e. The van der Waals surface area contributed by atoms with E-state index in [9.17, 15) is 13.6 Å². The van der Waals surface area contributed by atoms with E-state index in [1.165, 1.54) is 29.6 Å². The normalized spacial score (nSPS) is 17.4. The second-order valence-corrected chi connectivity index (χ2v) is 10.5. The van der Waals surface area contributed by atoms with Crippen molar-refractivity contribution in [1.82, 2.24) is 14.9 Å². The lowest BCUT2D eigenvalue weighted by molar-refractivity contribution is -0.111. The van der Waals surface area contributed by atoms with Crippen molar-refractivity contribution in [3.8, 4) is 5.75 Å². The predicted octanol–water partition coefficient (Wildman–Crippen LogP) is 5.04. The number of halogens is 2. The number of hydrogen-bond acceptors (Lipinski definition) is 9. The number of aromatic nitrogens is 2. The molecule has 0 aliphatic carbocycles. The van der Waals surface area contributed by atoms with Gasteiger partial charge in [0.25, 0.3) is 0 Å². The van der Waals surface area contributed by atoms with Crippen LogP contribution in [0.15, 0.2) is 55.4 Å². The summed E-state index contributed by atoms with van der Waals surface area (Å²) in [6.45, 7) is 5.60. The fourth-order valence-corrected chi connectivity index (χ4v) is 5.43. The van der Waals surface area contributed by atoms with Gasteiger partial charge < -0.3 is 25.2 Å². The second-order valence-electron chi connectivity index (χ2n) is 10.5. The van der Waals surface area contributed by atoms with Crippen LogP contribution in [0.25, 0.3) is 0 Å². The number of ether oxygens (including phenoxy) is 1. The van der Waals surface area contributed by atoms with Crippen LogP contribution in [-0.4, -0.2) is 67.7 Å². The zero-order valence-electron chi connectivity index (χ0n) is 23.9. The fraction of sp³-hybridized carbons (Fsp3) is 0.367. The number of benzene rings is 2. The van der Waals surface area contributed by atoms with Crippen molar-refractivity contribution in [3.05, 3.63) is 72.6 Å². The van der Waals surface area contributed by atoms with Gasteiger partial charge >= 0.3 is 0 Å². The maximum absolute atomic E-state index is 14.6. The van der Waals surface area contributed by atoms with Crippen LogP contribution in [0.5, 0.6) is 5.75 Å². The summed E-state index contributed by atoms with van der Waals surface area (Å²) in [4.78, 5) is 31.3. The van der Waals surface area contributed by atoms with Gasteiger partial charge in [0.15, 0.2) is 5.82 Å². The molecule has 3 heterocycles. The average Bonchev–Trinajstić information content (AvgIpc) is 3.47.